The van der Waals surface area contributed by atoms with Gasteiger partial charge in [-0.15, -0.1) is 10.2 Å². The van der Waals surface area contributed by atoms with Crippen LogP contribution in [-0.4, -0.2) is 43.5 Å². The molecular weight excluding hydrogens is 234 g/mol. The Hall–Kier alpha value is -2.02. The number of hydrogen-bond acceptors (Lipinski definition) is 6. The monoisotopic (exact) mass is 249 g/mol. The first-order chi connectivity index (χ1) is 8.67. The van der Waals surface area contributed by atoms with Crippen LogP contribution in [0.25, 0.3) is 0 Å². The highest BCUT2D eigenvalue weighted by Gasteiger charge is 2.11. The molecule has 0 aliphatic carbocycles. The molecule has 1 unspecified atom stereocenters. The predicted octanol–water partition coefficient (Wildman–Crippen LogP) is -0.240. The number of nitrogens with zero attached hydrogens (tertiary/aromatic N) is 5. The number of aliphatic hydroxyl groups excluding tert-OH is 1. The zero-order chi connectivity index (χ0) is 13.0. The van der Waals surface area contributed by atoms with Crippen LogP contribution in [0.3, 0.4) is 0 Å². The van der Waals surface area contributed by atoms with E-state index in [2.05, 4.69) is 20.4 Å². The molecule has 1 N–H and O–H groups in total. The second kappa shape index (κ2) is 5.54. The molecule has 2 rings (SSSR count). The van der Waals surface area contributed by atoms with E-state index in [1.807, 2.05) is 6.07 Å². The second-order valence-corrected chi connectivity index (χ2v) is 3.97. The Kier molecular flexibility index (Phi) is 3.83. The molecule has 2 aromatic heterocycles. The fourth-order valence-corrected chi connectivity index (χ4v) is 1.61. The summed E-state index contributed by atoms with van der Waals surface area (Å²) in [5, 5.41) is 21.5. The number of aliphatic hydroxyl groups is 1. The zero-order valence-corrected chi connectivity index (χ0v) is 10.3. The summed E-state index contributed by atoms with van der Waals surface area (Å²) in [6, 6.07) is 3.64. The lowest BCUT2D eigenvalue weighted by atomic mass is 10.1. The van der Waals surface area contributed by atoms with E-state index in [1.165, 1.54) is 4.80 Å². The molecule has 18 heavy (non-hydrogen) atoms. The molecule has 7 nitrogen and oxygen atoms in total. The minimum absolute atomic E-state index is 0.375. The van der Waals surface area contributed by atoms with Gasteiger partial charge in [-0.1, -0.05) is 6.07 Å². The SMILES string of the molecule is COc1ccc(CC(O)Cc2nnn(C)n2)cn1. The van der Waals surface area contributed by atoms with Gasteiger partial charge in [0.05, 0.1) is 20.3 Å². The number of aromatic nitrogens is 5. The molecule has 0 bridgehead atoms. The fraction of sp³-hybridized carbons (Fsp3) is 0.455. The summed E-state index contributed by atoms with van der Waals surface area (Å²) in [4.78, 5) is 5.45. The molecular formula is C11H15N5O2. The highest BCUT2D eigenvalue weighted by Crippen LogP contribution is 2.09. The second-order valence-electron chi connectivity index (χ2n) is 3.97. The van der Waals surface area contributed by atoms with E-state index in [9.17, 15) is 5.11 Å². The molecule has 1 atom stereocenters. The van der Waals surface area contributed by atoms with Crippen molar-refractivity contribution in [2.75, 3.05) is 7.11 Å². The van der Waals surface area contributed by atoms with Gasteiger partial charge < -0.3 is 9.84 Å². The summed E-state index contributed by atoms with van der Waals surface area (Å²) in [7, 11) is 3.26. The Morgan fingerprint density at radius 1 is 1.39 bits per heavy atom. The van der Waals surface area contributed by atoms with Crippen LogP contribution >= 0.6 is 0 Å². The van der Waals surface area contributed by atoms with E-state index in [0.717, 1.165) is 5.56 Å². The Labute approximate surface area is 104 Å². The number of hydrogen-bond donors (Lipinski definition) is 1. The molecule has 0 aliphatic heterocycles. The van der Waals surface area contributed by atoms with E-state index < -0.39 is 6.10 Å². The normalized spacial score (nSPS) is 12.4. The number of aryl methyl sites for hydroxylation is 1. The minimum Gasteiger partial charge on any atom is -0.481 e. The molecule has 0 aliphatic rings. The van der Waals surface area contributed by atoms with Crippen LogP contribution < -0.4 is 4.74 Å². The van der Waals surface area contributed by atoms with Gasteiger partial charge in [-0.2, -0.15) is 4.80 Å². The topological polar surface area (TPSA) is 86.0 Å². The summed E-state index contributed by atoms with van der Waals surface area (Å²) < 4.78 is 4.97. The van der Waals surface area contributed by atoms with Crippen LogP contribution in [0.1, 0.15) is 11.4 Å². The van der Waals surface area contributed by atoms with Gasteiger partial charge in [0, 0.05) is 25.1 Å². The van der Waals surface area contributed by atoms with Crippen molar-refractivity contribution in [1.82, 2.24) is 25.2 Å². The van der Waals surface area contributed by atoms with Crippen molar-refractivity contribution >= 4 is 0 Å². The van der Waals surface area contributed by atoms with Gasteiger partial charge in [0.15, 0.2) is 5.82 Å². The Bertz CT molecular complexity index is 496. The largest absolute Gasteiger partial charge is 0.481 e. The quantitative estimate of drug-likeness (QED) is 0.787. The predicted molar refractivity (Wildman–Crippen MR) is 63.0 cm³/mol. The van der Waals surface area contributed by atoms with Crippen molar-refractivity contribution in [3.63, 3.8) is 0 Å². The highest BCUT2D eigenvalue weighted by atomic mass is 16.5. The van der Waals surface area contributed by atoms with Gasteiger partial charge in [0.25, 0.3) is 0 Å². The molecule has 0 amide bonds. The Morgan fingerprint density at radius 3 is 2.78 bits per heavy atom. The lowest BCUT2D eigenvalue weighted by Gasteiger charge is -2.08. The first-order valence-electron chi connectivity index (χ1n) is 5.57. The van der Waals surface area contributed by atoms with E-state index in [-0.39, 0.29) is 0 Å². The summed E-state index contributed by atoms with van der Waals surface area (Å²) in [6.07, 6.45) is 2.01. The van der Waals surface area contributed by atoms with Crippen LogP contribution in [0.5, 0.6) is 5.88 Å². The van der Waals surface area contributed by atoms with E-state index >= 15 is 0 Å². The van der Waals surface area contributed by atoms with Crippen LogP contribution in [0.15, 0.2) is 18.3 Å². The highest BCUT2D eigenvalue weighted by molar-refractivity contribution is 5.18. The summed E-state index contributed by atoms with van der Waals surface area (Å²) >= 11 is 0. The minimum atomic E-state index is -0.551. The van der Waals surface area contributed by atoms with Crippen molar-refractivity contribution in [2.45, 2.75) is 18.9 Å². The lowest BCUT2D eigenvalue weighted by Crippen LogP contribution is -2.15. The first kappa shape index (κ1) is 12.4. The Balaban J connectivity index is 1.91. The lowest BCUT2D eigenvalue weighted by molar-refractivity contribution is 0.172. The van der Waals surface area contributed by atoms with Gasteiger partial charge in [0.2, 0.25) is 5.88 Å². The molecule has 0 saturated heterocycles. The maximum Gasteiger partial charge on any atom is 0.212 e. The van der Waals surface area contributed by atoms with Crippen molar-refractivity contribution in [3.05, 3.63) is 29.7 Å². The van der Waals surface area contributed by atoms with Gasteiger partial charge in [-0.05, 0) is 10.8 Å². The zero-order valence-electron chi connectivity index (χ0n) is 10.3. The van der Waals surface area contributed by atoms with Gasteiger partial charge in [-0.3, -0.25) is 0 Å². The molecule has 0 saturated carbocycles. The third kappa shape index (κ3) is 3.24. The van der Waals surface area contributed by atoms with Crippen molar-refractivity contribution in [1.29, 1.82) is 0 Å². The van der Waals surface area contributed by atoms with Gasteiger partial charge >= 0.3 is 0 Å². The number of rotatable bonds is 5. The number of pyridine rings is 1. The van der Waals surface area contributed by atoms with Gasteiger partial charge in [0.1, 0.15) is 0 Å². The van der Waals surface area contributed by atoms with Crippen LogP contribution in [0.2, 0.25) is 0 Å². The number of ether oxygens (including phenoxy) is 1. The maximum absolute atomic E-state index is 9.92. The molecule has 2 heterocycles. The molecule has 96 valence electrons. The molecule has 0 aromatic carbocycles. The number of tetrazole rings is 1. The third-order valence-corrected chi connectivity index (χ3v) is 2.45. The Morgan fingerprint density at radius 2 is 2.22 bits per heavy atom. The average Bonchev–Trinajstić information content (AvgIpc) is 2.75. The first-order valence-corrected chi connectivity index (χ1v) is 5.57. The van der Waals surface area contributed by atoms with Crippen molar-refractivity contribution < 1.29 is 9.84 Å². The van der Waals surface area contributed by atoms with Crippen LogP contribution in [-0.2, 0) is 19.9 Å². The fourth-order valence-electron chi connectivity index (χ4n) is 1.61. The summed E-state index contributed by atoms with van der Waals surface area (Å²) in [5.74, 6) is 1.09. The van der Waals surface area contributed by atoms with E-state index in [4.69, 9.17) is 4.74 Å². The molecule has 0 radical (unpaired) electrons. The number of methoxy groups -OCH3 is 1. The molecule has 2 aromatic rings. The van der Waals surface area contributed by atoms with E-state index in [1.54, 1.807) is 26.4 Å². The van der Waals surface area contributed by atoms with Crippen LogP contribution in [0, 0.1) is 0 Å². The van der Waals surface area contributed by atoms with Crippen LogP contribution in [0.4, 0.5) is 0 Å². The average molecular weight is 249 g/mol. The smallest absolute Gasteiger partial charge is 0.212 e. The van der Waals surface area contributed by atoms with Gasteiger partial charge in [-0.25, -0.2) is 4.98 Å². The van der Waals surface area contributed by atoms with E-state index in [0.29, 0.717) is 24.5 Å². The summed E-state index contributed by atoms with van der Waals surface area (Å²) in [6.45, 7) is 0. The molecule has 0 spiro atoms. The standard InChI is InChI=1S/C11H15N5O2/c1-16-14-10(13-15-16)6-9(17)5-8-3-4-11(18-2)12-7-8/h3-4,7,9,17H,5-6H2,1-2H3. The summed E-state index contributed by atoms with van der Waals surface area (Å²) in [5.41, 5.74) is 0.937. The molecule has 7 heteroatoms. The molecule has 0 fully saturated rings. The van der Waals surface area contributed by atoms with Crippen molar-refractivity contribution in [2.24, 2.45) is 7.05 Å². The third-order valence-electron chi connectivity index (χ3n) is 2.45. The van der Waals surface area contributed by atoms with Crippen molar-refractivity contribution in [3.8, 4) is 5.88 Å². The maximum atomic E-state index is 9.92.